The Morgan fingerprint density at radius 3 is 2.55 bits per heavy atom. The van der Waals surface area contributed by atoms with Crippen LogP contribution in [0.1, 0.15) is 37.8 Å². The monoisotopic (exact) mass is 439 g/mol. The van der Waals surface area contributed by atoms with Crippen LogP contribution in [0.2, 0.25) is 0 Å². The number of nitrogens with one attached hydrogen (secondary N) is 1. The van der Waals surface area contributed by atoms with Crippen LogP contribution >= 0.6 is 11.8 Å². The van der Waals surface area contributed by atoms with E-state index in [1.165, 1.54) is 17.3 Å². The third kappa shape index (κ3) is 5.88. The molecule has 164 valence electrons. The Bertz CT molecular complexity index is 973. The molecule has 31 heavy (non-hydrogen) atoms. The van der Waals surface area contributed by atoms with Crippen LogP contribution < -0.4 is 10.1 Å². The Kier molecular flexibility index (Phi) is 7.74. The van der Waals surface area contributed by atoms with Crippen LogP contribution in [0.4, 0.5) is 11.4 Å². The third-order valence-electron chi connectivity index (χ3n) is 5.06. The molecule has 0 saturated carbocycles. The first kappa shape index (κ1) is 22.9. The predicted octanol–water partition coefficient (Wildman–Crippen LogP) is 5.07. The molecule has 1 atom stereocenters. The molecule has 7 heteroatoms. The Morgan fingerprint density at radius 2 is 1.90 bits per heavy atom. The topological polar surface area (TPSA) is 71.0 Å². The Balaban J connectivity index is 1.74. The van der Waals surface area contributed by atoms with Crippen molar-refractivity contribution in [3.63, 3.8) is 0 Å². The lowest BCUT2D eigenvalue weighted by Gasteiger charge is -2.31. The smallest absolute Gasteiger partial charge is 0.238 e. The average Bonchev–Trinajstić information content (AvgIpc) is 2.75. The van der Waals surface area contributed by atoms with Gasteiger partial charge in [-0.25, -0.2) is 4.99 Å². The Hall–Kier alpha value is -2.80. The zero-order chi connectivity index (χ0) is 22.4. The summed E-state index contributed by atoms with van der Waals surface area (Å²) in [6.45, 7) is 9.22. The maximum atomic E-state index is 12.9. The minimum atomic E-state index is -0.531. The fourth-order valence-corrected chi connectivity index (χ4v) is 4.30. The third-order valence-corrected chi connectivity index (χ3v) is 6.25. The minimum absolute atomic E-state index is 0.0905. The van der Waals surface area contributed by atoms with Crippen molar-refractivity contribution >= 4 is 40.1 Å². The van der Waals surface area contributed by atoms with Gasteiger partial charge in [0.2, 0.25) is 11.8 Å². The van der Waals surface area contributed by atoms with Gasteiger partial charge in [-0.2, -0.15) is 0 Å². The molecule has 6 nitrogen and oxygen atoms in total. The number of thioether (sulfide) groups is 1. The molecule has 1 fully saturated rings. The molecule has 0 aliphatic carbocycles. The van der Waals surface area contributed by atoms with Gasteiger partial charge in [-0.15, -0.1) is 0 Å². The van der Waals surface area contributed by atoms with E-state index < -0.39 is 5.25 Å². The summed E-state index contributed by atoms with van der Waals surface area (Å²) >= 11 is 1.33. The number of amides is 2. The van der Waals surface area contributed by atoms with Gasteiger partial charge in [0.05, 0.1) is 12.3 Å². The number of amidine groups is 1. The second kappa shape index (κ2) is 10.5. The van der Waals surface area contributed by atoms with Gasteiger partial charge < -0.3 is 10.1 Å². The van der Waals surface area contributed by atoms with Gasteiger partial charge in [0.15, 0.2) is 5.17 Å². The standard InChI is InChI=1S/C24H29N3O3S/c1-5-13-30-20-11-9-18(10-12-20)25-23(29)21-15-22(28)27(6-2)24(31-21)26-19-8-7-16(3)17(4)14-19/h7-12,14,21H,5-6,13,15H2,1-4H3,(H,25,29). The molecule has 0 spiro atoms. The van der Waals surface area contributed by atoms with Crippen molar-refractivity contribution in [2.75, 3.05) is 18.5 Å². The molecule has 3 rings (SSSR count). The summed E-state index contributed by atoms with van der Waals surface area (Å²) in [6.07, 6.45) is 1.08. The van der Waals surface area contributed by atoms with E-state index in [0.717, 1.165) is 23.4 Å². The molecule has 1 aliphatic rings. The van der Waals surface area contributed by atoms with Crippen LogP contribution in [0, 0.1) is 13.8 Å². The SMILES string of the molecule is CCCOc1ccc(NC(=O)C2CC(=O)N(CC)C(=Nc3ccc(C)c(C)c3)S2)cc1. The van der Waals surface area contributed by atoms with Crippen LogP contribution in [-0.2, 0) is 9.59 Å². The van der Waals surface area contributed by atoms with E-state index in [2.05, 4.69) is 12.2 Å². The highest BCUT2D eigenvalue weighted by Gasteiger charge is 2.35. The van der Waals surface area contributed by atoms with Crippen molar-refractivity contribution in [2.45, 2.75) is 45.8 Å². The Morgan fingerprint density at radius 1 is 1.16 bits per heavy atom. The molecule has 2 amide bonds. The summed E-state index contributed by atoms with van der Waals surface area (Å²) in [5.74, 6) is 0.472. The lowest BCUT2D eigenvalue weighted by Crippen LogP contribution is -2.45. The number of aryl methyl sites for hydroxylation is 2. The molecule has 1 aliphatic heterocycles. The van der Waals surface area contributed by atoms with Crippen molar-refractivity contribution in [2.24, 2.45) is 4.99 Å². The summed E-state index contributed by atoms with van der Waals surface area (Å²) < 4.78 is 5.57. The second-order valence-corrected chi connectivity index (χ2v) is 8.64. The highest BCUT2D eigenvalue weighted by molar-refractivity contribution is 8.15. The zero-order valence-electron chi connectivity index (χ0n) is 18.5. The molecular weight excluding hydrogens is 410 g/mol. The number of carbonyl (C=O) groups is 2. The molecular formula is C24H29N3O3S. The van der Waals surface area contributed by atoms with E-state index in [-0.39, 0.29) is 18.2 Å². The molecule has 1 unspecified atom stereocenters. The number of aliphatic imine (C=N–C) groups is 1. The number of hydrogen-bond donors (Lipinski definition) is 1. The molecule has 1 N–H and O–H groups in total. The Labute approximate surface area is 188 Å². The number of carbonyl (C=O) groups excluding carboxylic acids is 2. The highest BCUT2D eigenvalue weighted by Crippen LogP contribution is 2.30. The number of nitrogens with zero attached hydrogens (tertiary/aromatic N) is 2. The van der Waals surface area contributed by atoms with E-state index in [1.807, 2.05) is 51.1 Å². The van der Waals surface area contributed by atoms with Gasteiger partial charge in [-0.05, 0) is 74.7 Å². The zero-order valence-corrected chi connectivity index (χ0v) is 19.3. The highest BCUT2D eigenvalue weighted by atomic mass is 32.2. The molecule has 0 aromatic heterocycles. The van der Waals surface area contributed by atoms with Gasteiger partial charge in [0, 0.05) is 18.7 Å². The summed E-state index contributed by atoms with van der Waals surface area (Å²) in [6, 6.07) is 13.2. The van der Waals surface area contributed by atoms with Crippen molar-refractivity contribution < 1.29 is 14.3 Å². The van der Waals surface area contributed by atoms with E-state index in [9.17, 15) is 9.59 Å². The van der Waals surface area contributed by atoms with E-state index in [0.29, 0.717) is 24.0 Å². The fraction of sp³-hybridized carbons (Fsp3) is 0.375. The van der Waals surface area contributed by atoms with E-state index >= 15 is 0 Å². The summed E-state index contributed by atoms with van der Waals surface area (Å²) in [4.78, 5) is 31.9. The molecule has 0 bridgehead atoms. The van der Waals surface area contributed by atoms with Crippen LogP contribution in [0.25, 0.3) is 0 Å². The number of ether oxygens (including phenoxy) is 1. The summed E-state index contributed by atoms with van der Waals surface area (Å²) in [5.41, 5.74) is 3.78. The number of hydrogen-bond acceptors (Lipinski definition) is 5. The van der Waals surface area contributed by atoms with Crippen molar-refractivity contribution in [3.8, 4) is 5.75 Å². The number of anilines is 1. The molecule has 1 saturated heterocycles. The summed E-state index contributed by atoms with van der Waals surface area (Å²) in [7, 11) is 0. The van der Waals surface area contributed by atoms with E-state index in [1.54, 1.807) is 17.0 Å². The van der Waals surface area contributed by atoms with Gasteiger partial charge in [-0.3, -0.25) is 14.5 Å². The van der Waals surface area contributed by atoms with Crippen LogP contribution in [0.3, 0.4) is 0 Å². The van der Waals surface area contributed by atoms with Crippen molar-refractivity contribution in [3.05, 3.63) is 53.6 Å². The summed E-state index contributed by atoms with van der Waals surface area (Å²) in [5, 5.41) is 2.94. The first-order valence-corrected chi connectivity index (χ1v) is 11.5. The van der Waals surface area contributed by atoms with Crippen LogP contribution in [0.5, 0.6) is 5.75 Å². The average molecular weight is 440 g/mol. The van der Waals surface area contributed by atoms with Gasteiger partial charge in [-0.1, -0.05) is 24.8 Å². The minimum Gasteiger partial charge on any atom is -0.494 e. The molecule has 1 heterocycles. The normalized spacial score (nSPS) is 17.7. The molecule has 0 radical (unpaired) electrons. The van der Waals surface area contributed by atoms with Crippen molar-refractivity contribution in [1.29, 1.82) is 0 Å². The van der Waals surface area contributed by atoms with Gasteiger partial charge in [0.1, 0.15) is 11.0 Å². The maximum Gasteiger partial charge on any atom is 0.238 e. The van der Waals surface area contributed by atoms with Crippen molar-refractivity contribution in [1.82, 2.24) is 4.90 Å². The first-order valence-electron chi connectivity index (χ1n) is 10.6. The predicted molar refractivity (Wildman–Crippen MR) is 127 cm³/mol. The first-order chi connectivity index (χ1) is 14.9. The second-order valence-electron chi connectivity index (χ2n) is 7.47. The number of benzene rings is 2. The van der Waals surface area contributed by atoms with Gasteiger partial charge in [0.25, 0.3) is 0 Å². The maximum absolute atomic E-state index is 12.9. The number of rotatable bonds is 7. The van der Waals surface area contributed by atoms with Gasteiger partial charge >= 0.3 is 0 Å². The van der Waals surface area contributed by atoms with E-state index in [4.69, 9.17) is 9.73 Å². The molecule has 2 aromatic carbocycles. The molecule has 2 aromatic rings. The lowest BCUT2D eigenvalue weighted by atomic mass is 10.1. The largest absolute Gasteiger partial charge is 0.494 e. The van der Waals surface area contributed by atoms with Crippen LogP contribution in [0.15, 0.2) is 47.5 Å². The quantitative estimate of drug-likeness (QED) is 0.654. The van der Waals surface area contributed by atoms with Crippen LogP contribution in [-0.4, -0.2) is 40.3 Å². The fourth-order valence-electron chi connectivity index (χ4n) is 3.14. The lowest BCUT2D eigenvalue weighted by molar-refractivity contribution is -0.129.